The third-order valence-electron chi connectivity index (χ3n) is 5.75. The lowest BCUT2D eigenvalue weighted by Gasteiger charge is -2.27. The summed E-state index contributed by atoms with van der Waals surface area (Å²) >= 11 is 5.86. The third kappa shape index (κ3) is 4.31. The van der Waals surface area contributed by atoms with Crippen molar-refractivity contribution in [3.63, 3.8) is 0 Å². The van der Waals surface area contributed by atoms with Gasteiger partial charge in [-0.15, -0.1) is 0 Å². The molecule has 0 aliphatic carbocycles. The lowest BCUT2D eigenvalue weighted by atomic mass is 10.1. The van der Waals surface area contributed by atoms with E-state index < -0.39 is 5.97 Å². The highest BCUT2D eigenvalue weighted by molar-refractivity contribution is 6.28. The van der Waals surface area contributed by atoms with Gasteiger partial charge in [0, 0.05) is 24.8 Å². The number of esters is 1. The van der Waals surface area contributed by atoms with E-state index >= 15 is 4.39 Å². The summed E-state index contributed by atoms with van der Waals surface area (Å²) in [5.41, 5.74) is 3.61. The Morgan fingerprint density at radius 1 is 1.24 bits per heavy atom. The van der Waals surface area contributed by atoms with Crippen LogP contribution < -0.4 is 0 Å². The van der Waals surface area contributed by atoms with E-state index in [1.165, 1.54) is 19.4 Å². The molecule has 0 amide bonds. The Kier molecular flexibility index (Phi) is 5.78. The van der Waals surface area contributed by atoms with E-state index in [4.69, 9.17) is 26.1 Å². The first-order chi connectivity index (χ1) is 16.0. The van der Waals surface area contributed by atoms with Crippen molar-refractivity contribution in [2.45, 2.75) is 25.5 Å². The van der Waals surface area contributed by atoms with Crippen molar-refractivity contribution in [3.8, 4) is 11.3 Å². The number of methoxy groups -OCH3 is 1. The molecule has 5 rings (SSSR count). The molecule has 0 N–H and O–H groups in total. The molecule has 2 aromatic carbocycles. The molecule has 2 aromatic heterocycles. The van der Waals surface area contributed by atoms with Gasteiger partial charge in [0.2, 0.25) is 5.28 Å². The first-order valence-corrected chi connectivity index (χ1v) is 10.9. The lowest BCUT2D eigenvalue weighted by molar-refractivity contribution is -0.0589. The Bertz CT molecular complexity index is 1350. The molecule has 9 heteroatoms. The monoisotopic (exact) mass is 466 g/mol. The summed E-state index contributed by atoms with van der Waals surface area (Å²) in [4.78, 5) is 24.8. The van der Waals surface area contributed by atoms with Gasteiger partial charge in [0.05, 0.1) is 42.0 Å². The molecule has 3 heterocycles. The summed E-state index contributed by atoms with van der Waals surface area (Å²) in [5.74, 6) is -0.0900. The minimum atomic E-state index is -0.419. The second-order valence-electron chi connectivity index (χ2n) is 7.81. The summed E-state index contributed by atoms with van der Waals surface area (Å²) in [6.45, 7) is 1.30. The van der Waals surface area contributed by atoms with Crippen LogP contribution in [0.4, 0.5) is 4.39 Å². The topological polar surface area (TPSA) is 79.1 Å². The van der Waals surface area contributed by atoms with Crippen molar-refractivity contribution < 1.29 is 18.7 Å². The molecule has 1 aliphatic rings. The van der Waals surface area contributed by atoms with Crippen LogP contribution in [0.25, 0.3) is 22.3 Å². The van der Waals surface area contributed by atoms with Crippen LogP contribution in [-0.2, 0) is 22.4 Å². The van der Waals surface area contributed by atoms with Gasteiger partial charge in [-0.3, -0.25) is 0 Å². The smallest absolute Gasteiger partial charge is 0.337 e. The van der Waals surface area contributed by atoms with Crippen molar-refractivity contribution >= 4 is 28.6 Å². The number of imidazole rings is 1. The van der Waals surface area contributed by atoms with Gasteiger partial charge in [0.15, 0.2) is 0 Å². The third-order valence-corrected chi connectivity index (χ3v) is 5.93. The van der Waals surface area contributed by atoms with Gasteiger partial charge in [0.25, 0.3) is 0 Å². The number of ether oxygens (including phenoxy) is 2. The Balaban J connectivity index is 1.51. The van der Waals surface area contributed by atoms with E-state index in [1.54, 1.807) is 36.4 Å². The first-order valence-electron chi connectivity index (χ1n) is 10.5. The molecule has 1 saturated heterocycles. The molecule has 0 radical (unpaired) electrons. The van der Waals surface area contributed by atoms with E-state index in [0.29, 0.717) is 34.8 Å². The molecule has 33 heavy (non-hydrogen) atoms. The molecular formula is C24H20ClFN4O3. The van der Waals surface area contributed by atoms with Gasteiger partial charge >= 0.3 is 5.97 Å². The van der Waals surface area contributed by atoms with Crippen LogP contribution in [0, 0.1) is 5.82 Å². The van der Waals surface area contributed by atoms with Gasteiger partial charge < -0.3 is 14.0 Å². The maximum Gasteiger partial charge on any atom is 0.337 e. The maximum absolute atomic E-state index is 15.1. The second-order valence-corrected chi connectivity index (χ2v) is 8.15. The molecule has 0 saturated carbocycles. The molecule has 0 unspecified atom stereocenters. The minimum Gasteiger partial charge on any atom is -0.465 e. The number of halogens is 2. The van der Waals surface area contributed by atoms with E-state index in [-0.39, 0.29) is 23.6 Å². The molecular weight excluding hydrogens is 447 g/mol. The number of nitrogens with zero attached hydrogens (tertiary/aromatic N) is 4. The molecule has 168 valence electrons. The van der Waals surface area contributed by atoms with E-state index in [0.717, 1.165) is 24.1 Å². The number of rotatable bonds is 6. The summed E-state index contributed by atoms with van der Waals surface area (Å²) in [5, 5.41) is 0.107. The molecule has 7 nitrogen and oxygen atoms in total. The molecule has 0 bridgehead atoms. The Hall–Kier alpha value is -3.36. The maximum atomic E-state index is 15.1. The standard InChI is InChI=1S/C24H20ClFN4O3/c1-32-23(31)16-4-5-20-21(11-16)30(13-17-7-9-33-17)22(28-20)12-14-2-3-15(10-18(14)26)19-6-8-27-24(25)29-19/h2-6,8,10-11,17H,7,9,12-13H2,1H3/t17-/m0/s1. The minimum absolute atomic E-state index is 0.0673. The summed E-state index contributed by atoms with van der Waals surface area (Å²) in [6, 6.07) is 11.9. The van der Waals surface area contributed by atoms with Crippen molar-refractivity contribution in [1.82, 2.24) is 19.5 Å². The van der Waals surface area contributed by atoms with Gasteiger partial charge in [-0.05, 0) is 53.9 Å². The van der Waals surface area contributed by atoms with Crippen LogP contribution in [0.3, 0.4) is 0 Å². The zero-order valence-electron chi connectivity index (χ0n) is 17.8. The summed E-state index contributed by atoms with van der Waals surface area (Å²) < 4.78 is 27.5. The molecule has 1 fully saturated rings. The Labute approximate surface area is 194 Å². The highest BCUT2D eigenvalue weighted by atomic mass is 35.5. The molecule has 4 aromatic rings. The zero-order chi connectivity index (χ0) is 22.9. The van der Waals surface area contributed by atoms with Gasteiger partial charge in [-0.1, -0.05) is 12.1 Å². The highest BCUT2D eigenvalue weighted by Crippen LogP contribution is 2.26. The van der Waals surface area contributed by atoms with Crippen LogP contribution >= 0.6 is 11.6 Å². The average molecular weight is 467 g/mol. The van der Waals surface area contributed by atoms with Gasteiger partial charge in [-0.25, -0.2) is 24.1 Å². The molecule has 0 spiro atoms. The van der Waals surface area contributed by atoms with Crippen molar-refractivity contribution in [2.24, 2.45) is 0 Å². The second kappa shape index (κ2) is 8.88. The van der Waals surface area contributed by atoms with E-state index in [9.17, 15) is 4.79 Å². The largest absolute Gasteiger partial charge is 0.465 e. The summed E-state index contributed by atoms with van der Waals surface area (Å²) in [7, 11) is 1.35. The number of fused-ring (bicyclic) bond motifs is 1. The predicted molar refractivity (Wildman–Crippen MR) is 121 cm³/mol. The Morgan fingerprint density at radius 2 is 2.09 bits per heavy atom. The van der Waals surface area contributed by atoms with Gasteiger partial charge in [-0.2, -0.15) is 0 Å². The Morgan fingerprint density at radius 3 is 2.79 bits per heavy atom. The van der Waals surface area contributed by atoms with E-state index in [1.807, 2.05) is 4.57 Å². The van der Waals surface area contributed by atoms with Crippen LogP contribution in [0.2, 0.25) is 5.28 Å². The molecule has 1 atom stereocenters. The van der Waals surface area contributed by atoms with Crippen molar-refractivity contribution in [1.29, 1.82) is 0 Å². The molecule has 1 aliphatic heterocycles. The quantitative estimate of drug-likeness (QED) is 0.308. The van der Waals surface area contributed by atoms with Crippen LogP contribution in [0.15, 0.2) is 48.7 Å². The number of hydrogen-bond donors (Lipinski definition) is 0. The fraction of sp³-hybridized carbons (Fsp3) is 0.250. The highest BCUT2D eigenvalue weighted by Gasteiger charge is 2.23. The normalized spacial score (nSPS) is 15.4. The van der Waals surface area contributed by atoms with Gasteiger partial charge in [0.1, 0.15) is 11.6 Å². The number of aromatic nitrogens is 4. The van der Waals surface area contributed by atoms with Crippen molar-refractivity contribution in [3.05, 3.63) is 76.7 Å². The van der Waals surface area contributed by atoms with Crippen LogP contribution in [-0.4, -0.2) is 45.3 Å². The fourth-order valence-corrected chi connectivity index (χ4v) is 4.05. The average Bonchev–Trinajstić information content (AvgIpc) is 3.13. The predicted octanol–water partition coefficient (Wildman–Crippen LogP) is 4.45. The fourth-order valence-electron chi connectivity index (χ4n) is 3.90. The van der Waals surface area contributed by atoms with Crippen molar-refractivity contribution in [2.75, 3.05) is 13.7 Å². The SMILES string of the molecule is COC(=O)c1ccc2nc(Cc3ccc(-c4ccnc(Cl)n4)cc3F)n(C[C@@H]3CCO3)c2c1. The van der Waals surface area contributed by atoms with Crippen LogP contribution in [0.5, 0.6) is 0 Å². The number of benzene rings is 2. The lowest BCUT2D eigenvalue weighted by Crippen LogP contribution is -2.31. The van der Waals surface area contributed by atoms with Crippen LogP contribution in [0.1, 0.15) is 28.2 Å². The summed E-state index contributed by atoms with van der Waals surface area (Å²) in [6.07, 6.45) is 2.83. The number of carbonyl (C=O) groups excluding carboxylic acids is 1. The number of carbonyl (C=O) groups is 1. The first kappa shape index (κ1) is 21.5. The number of hydrogen-bond acceptors (Lipinski definition) is 6. The zero-order valence-corrected chi connectivity index (χ0v) is 18.6. The van der Waals surface area contributed by atoms with E-state index in [2.05, 4.69) is 9.97 Å².